The fourth-order valence-corrected chi connectivity index (χ4v) is 0. The second kappa shape index (κ2) is 26.9. The SMILES string of the molecule is CC(=O)[O-].CC(=O)[O-].CC(=O)[O-].CC(=O)[O-].NC[CH](N)[Re+4]. The van der Waals surface area contributed by atoms with Crippen molar-refractivity contribution in [2.75, 3.05) is 6.54 Å². The molecule has 0 fully saturated rings. The molecule has 0 heterocycles. The van der Waals surface area contributed by atoms with E-state index in [4.69, 9.17) is 51.1 Å². The average molecular weight is 481 g/mol. The van der Waals surface area contributed by atoms with Crippen LogP contribution in [0.15, 0.2) is 0 Å². The predicted octanol–water partition coefficient (Wildman–Crippen LogP) is -6.20. The summed E-state index contributed by atoms with van der Waals surface area (Å²) in [5.41, 5.74) is 10.3. The summed E-state index contributed by atoms with van der Waals surface area (Å²) < 4.78 is 0.218. The van der Waals surface area contributed by atoms with Crippen LogP contribution in [0.4, 0.5) is 0 Å². The molecule has 1 unspecified atom stereocenters. The third-order valence-electron chi connectivity index (χ3n) is 0.225. The van der Waals surface area contributed by atoms with Crippen LogP contribution in [0.3, 0.4) is 0 Å². The second-order valence-electron chi connectivity index (χ2n) is 2.72. The van der Waals surface area contributed by atoms with Gasteiger partial charge in [-0.1, -0.05) is 0 Å². The van der Waals surface area contributed by atoms with Gasteiger partial charge in [0, 0.05) is 23.9 Å². The molecule has 0 saturated carbocycles. The Hall–Kier alpha value is -1.54. The van der Waals surface area contributed by atoms with Crippen molar-refractivity contribution in [1.82, 2.24) is 0 Å². The van der Waals surface area contributed by atoms with E-state index < -0.39 is 23.9 Å². The molecule has 0 spiro atoms. The molecule has 21 heavy (non-hydrogen) atoms. The normalized spacial score (nSPS) is 8.24. The van der Waals surface area contributed by atoms with E-state index in [0.29, 0.717) is 6.54 Å². The van der Waals surface area contributed by atoms with Gasteiger partial charge in [0.25, 0.3) is 0 Å². The maximum absolute atomic E-state index is 8.89. The van der Waals surface area contributed by atoms with Gasteiger partial charge in [-0.25, -0.2) is 0 Å². The van der Waals surface area contributed by atoms with E-state index in [1.54, 1.807) is 0 Å². The van der Waals surface area contributed by atoms with Crippen LogP contribution >= 0.6 is 0 Å². The average Bonchev–Trinajstić information content (AvgIpc) is 2.13. The fourth-order valence-electron chi connectivity index (χ4n) is 0. The number of carbonyl (C=O) groups is 4. The molecule has 0 aliphatic heterocycles. The Kier molecular flexibility index (Phi) is 40.7. The number of carboxylic acid groups (broad SMARTS) is 4. The molecule has 0 aromatic heterocycles. The van der Waals surface area contributed by atoms with Crippen LogP contribution < -0.4 is 31.9 Å². The van der Waals surface area contributed by atoms with Crippen LogP contribution in [0, 0.1) is 0 Å². The minimum absolute atomic E-state index is 0.218. The van der Waals surface area contributed by atoms with Gasteiger partial charge < -0.3 is 39.6 Å². The van der Waals surface area contributed by atoms with Gasteiger partial charge in [-0.2, -0.15) is 0 Å². The molecule has 0 aliphatic carbocycles. The van der Waals surface area contributed by atoms with Gasteiger partial charge in [-0.3, -0.25) is 0 Å². The molecule has 0 radical (unpaired) electrons. The third-order valence-corrected chi connectivity index (χ3v) is 0.865. The molecule has 0 bridgehead atoms. The van der Waals surface area contributed by atoms with Crippen molar-refractivity contribution in [2.45, 2.75) is 32.2 Å². The molecule has 0 saturated heterocycles. The van der Waals surface area contributed by atoms with Gasteiger partial charge in [0.15, 0.2) is 0 Å². The van der Waals surface area contributed by atoms with E-state index in [2.05, 4.69) is 0 Å². The van der Waals surface area contributed by atoms with Gasteiger partial charge in [-0.15, -0.1) is 0 Å². The van der Waals surface area contributed by atoms with Crippen LogP contribution in [-0.4, -0.2) is 34.9 Å². The molecular weight excluding hydrogens is 462 g/mol. The van der Waals surface area contributed by atoms with Crippen molar-refractivity contribution < 1.29 is 58.8 Å². The Morgan fingerprint density at radius 1 is 0.810 bits per heavy atom. The monoisotopic (exact) mass is 482 g/mol. The molecule has 0 amide bonds. The summed E-state index contributed by atoms with van der Waals surface area (Å²) in [5, 5.41) is 35.6. The van der Waals surface area contributed by atoms with E-state index in [1.165, 1.54) is 19.2 Å². The van der Waals surface area contributed by atoms with Crippen LogP contribution in [-0.2, 0) is 38.4 Å². The van der Waals surface area contributed by atoms with Crippen molar-refractivity contribution in [1.29, 1.82) is 0 Å². The first-order chi connectivity index (χ1) is 9.20. The quantitative estimate of drug-likeness (QED) is 0.361. The van der Waals surface area contributed by atoms with E-state index in [1.807, 2.05) is 0 Å². The summed E-state index contributed by atoms with van der Waals surface area (Å²) in [7, 11) is 0. The summed E-state index contributed by atoms with van der Waals surface area (Å²) in [6.45, 7) is 4.50. The number of carbonyl (C=O) groups excluding carboxylic acids is 4. The summed E-state index contributed by atoms with van der Waals surface area (Å²) in [4.78, 5) is 35.6. The molecule has 0 aromatic rings. The van der Waals surface area contributed by atoms with Crippen molar-refractivity contribution in [3.8, 4) is 0 Å². The Labute approximate surface area is 133 Å². The van der Waals surface area contributed by atoms with Crippen molar-refractivity contribution in [3.05, 3.63) is 0 Å². The molecule has 1 atom stereocenters. The molecule has 124 valence electrons. The van der Waals surface area contributed by atoms with E-state index >= 15 is 0 Å². The van der Waals surface area contributed by atoms with Crippen LogP contribution in [0.2, 0.25) is 0 Å². The fraction of sp³-hybridized carbons (Fsp3) is 0.600. The Morgan fingerprint density at radius 3 is 0.857 bits per heavy atom. The predicted molar refractivity (Wildman–Crippen MR) is 59.8 cm³/mol. The first-order valence-electron chi connectivity index (χ1n) is 5.00. The number of carboxylic acids is 4. The Bertz CT molecular complexity index is 220. The van der Waals surface area contributed by atoms with E-state index in [0.717, 1.165) is 27.7 Å². The first kappa shape index (κ1) is 31.7. The zero-order chi connectivity index (χ0) is 18.6. The Balaban J connectivity index is -0.0000000510. The topological polar surface area (TPSA) is 213 Å². The molecule has 4 N–H and O–H groups in total. The molecule has 0 aromatic carbocycles. The van der Waals surface area contributed by atoms with Crippen molar-refractivity contribution >= 4 is 23.9 Å². The Morgan fingerprint density at radius 2 is 0.857 bits per heavy atom. The number of hydrogen-bond acceptors (Lipinski definition) is 10. The van der Waals surface area contributed by atoms with Crippen LogP contribution in [0.5, 0.6) is 0 Å². The number of nitrogens with two attached hydrogens (primary N) is 2. The molecular formula is C10H19N2O8Re. The van der Waals surface area contributed by atoms with Gasteiger partial charge in [-0.05, 0) is 27.7 Å². The van der Waals surface area contributed by atoms with Gasteiger partial charge in [0.05, 0.1) is 0 Å². The van der Waals surface area contributed by atoms with E-state index in [-0.39, 0.29) is 4.51 Å². The maximum atomic E-state index is 8.89. The summed E-state index contributed by atoms with van der Waals surface area (Å²) in [5.74, 6) is -4.33. The van der Waals surface area contributed by atoms with Gasteiger partial charge in [0.2, 0.25) is 0 Å². The van der Waals surface area contributed by atoms with Crippen LogP contribution in [0.25, 0.3) is 0 Å². The molecule has 0 aliphatic rings. The summed E-state index contributed by atoms with van der Waals surface area (Å²) in [6, 6.07) is 0. The standard InChI is InChI=1S/C2H7N2.4C2H4O2.Re/c3-1-2-4;4*1-2(3)4;/h1H,2-4H2;4*1H3,(H,3,4);/q;;;;;+4/p-4. The number of hydrogen-bond donors (Lipinski definition) is 2. The molecule has 0 rings (SSSR count). The summed E-state index contributed by atoms with van der Waals surface area (Å²) in [6.07, 6.45) is 0. The van der Waals surface area contributed by atoms with Crippen molar-refractivity contribution in [3.63, 3.8) is 0 Å². The molecule has 10 nitrogen and oxygen atoms in total. The van der Waals surface area contributed by atoms with Crippen molar-refractivity contribution in [2.24, 2.45) is 11.5 Å². The second-order valence-corrected chi connectivity index (χ2v) is 4.73. The summed E-state index contributed by atoms with van der Waals surface area (Å²) >= 11 is 1.53. The zero-order valence-corrected chi connectivity index (χ0v) is 14.8. The van der Waals surface area contributed by atoms with Gasteiger partial charge >= 0.3 is 41.7 Å². The number of aliphatic carboxylic acids is 4. The number of rotatable bonds is 1. The zero-order valence-electron chi connectivity index (χ0n) is 12.1. The van der Waals surface area contributed by atoms with Crippen LogP contribution in [0.1, 0.15) is 27.7 Å². The molecule has 11 heteroatoms. The first-order valence-corrected chi connectivity index (χ1v) is 6.57. The third kappa shape index (κ3) is 23400. The van der Waals surface area contributed by atoms with Gasteiger partial charge in [0.1, 0.15) is 0 Å². The van der Waals surface area contributed by atoms with E-state index in [9.17, 15) is 0 Å². The minimum atomic E-state index is -1.08.